The number of hydrogen-bond donors (Lipinski definition) is 1. The van der Waals surface area contributed by atoms with E-state index in [1.807, 2.05) is 22.9 Å². The lowest BCUT2D eigenvalue weighted by Crippen LogP contribution is -2.02. The van der Waals surface area contributed by atoms with E-state index >= 15 is 0 Å². The van der Waals surface area contributed by atoms with E-state index in [1.54, 1.807) is 6.20 Å². The van der Waals surface area contributed by atoms with Crippen LogP contribution >= 0.6 is 11.3 Å². The van der Waals surface area contributed by atoms with Crippen LogP contribution in [0.4, 0.5) is 5.69 Å². The molecule has 0 aliphatic heterocycles. The Morgan fingerprint density at radius 2 is 2.13 bits per heavy atom. The van der Waals surface area contributed by atoms with Gasteiger partial charge in [-0.15, -0.1) is 11.3 Å². The fraction of sp³-hybridized carbons (Fsp3) is 0.364. The molecule has 2 heterocycles. The van der Waals surface area contributed by atoms with Crippen LogP contribution in [0.15, 0.2) is 18.3 Å². The predicted octanol–water partition coefficient (Wildman–Crippen LogP) is 2.45. The Kier molecular flexibility index (Phi) is 2.77. The average molecular weight is 221 g/mol. The fourth-order valence-electron chi connectivity index (χ4n) is 1.47. The molecule has 0 saturated carbocycles. The lowest BCUT2D eigenvalue weighted by atomic mass is 10.3. The molecule has 4 heteroatoms. The molecular weight excluding hydrogens is 206 g/mol. The first-order valence-electron chi connectivity index (χ1n) is 5.06. The van der Waals surface area contributed by atoms with Crippen molar-refractivity contribution in [2.45, 2.75) is 26.8 Å². The molecule has 0 amide bonds. The molecule has 0 aliphatic carbocycles. The third-order valence-corrected chi connectivity index (χ3v) is 3.73. The van der Waals surface area contributed by atoms with Crippen LogP contribution in [0.2, 0.25) is 0 Å². The summed E-state index contributed by atoms with van der Waals surface area (Å²) in [5.74, 6) is 0. The van der Waals surface area contributed by atoms with Gasteiger partial charge in [0.15, 0.2) is 0 Å². The molecule has 0 aromatic carbocycles. The minimum absolute atomic E-state index is 0.766. The molecule has 0 unspecified atom stereocenters. The molecule has 2 N–H and O–H groups in total. The second-order valence-corrected chi connectivity index (χ2v) is 4.82. The van der Waals surface area contributed by atoms with Crippen molar-refractivity contribution in [3.05, 3.63) is 33.8 Å². The average Bonchev–Trinajstić information content (AvgIpc) is 2.80. The van der Waals surface area contributed by atoms with Crippen molar-refractivity contribution in [1.29, 1.82) is 0 Å². The van der Waals surface area contributed by atoms with Crippen LogP contribution in [-0.4, -0.2) is 9.78 Å². The molecule has 2 rings (SSSR count). The smallest absolute Gasteiger partial charge is 0.0756 e. The Bertz CT molecular complexity index is 456. The third-order valence-electron chi connectivity index (χ3n) is 2.51. The van der Waals surface area contributed by atoms with Crippen LogP contribution in [0, 0.1) is 6.92 Å². The van der Waals surface area contributed by atoms with Gasteiger partial charge in [0.05, 0.1) is 24.1 Å². The largest absolute Gasteiger partial charge is 0.396 e. The third kappa shape index (κ3) is 2.04. The van der Waals surface area contributed by atoms with Gasteiger partial charge in [0.1, 0.15) is 0 Å². The zero-order chi connectivity index (χ0) is 10.8. The minimum Gasteiger partial charge on any atom is -0.396 e. The summed E-state index contributed by atoms with van der Waals surface area (Å²) >= 11 is 1.84. The first kappa shape index (κ1) is 10.2. The Labute approximate surface area is 93.5 Å². The number of hydrogen-bond acceptors (Lipinski definition) is 3. The quantitative estimate of drug-likeness (QED) is 0.865. The fourth-order valence-corrected chi connectivity index (χ4v) is 2.41. The van der Waals surface area contributed by atoms with E-state index < -0.39 is 0 Å². The zero-order valence-electron chi connectivity index (χ0n) is 9.03. The van der Waals surface area contributed by atoms with Gasteiger partial charge in [0, 0.05) is 9.75 Å². The maximum absolute atomic E-state index is 5.75. The number of thiophene rings is 1. The van der Waals surface area contributed by atoms with Crippen LogP contribution in [0.5, 0.6) is 0 Å². The monoisotopic (exact) mass is 221 g/mol. The van der Waals surface area contributed by atoms with E-state index in [-0.39, 0.29) is 0 Å². The number of nitrogen functional groups attached to an aromatic ring is 1. The first-order valence-corrected chi connectivity index (χ1v) is 5.88. The molecule has 0 bridgehead atoms. The Morgan fingerprint density at radius 1 is 1.40 bits per heavy atom. The second kappa shape index (κ2) is 4.06. The van der Waals surface area contributed by atoms with Crippen LogP contribution in [0.1, 0.15) is 22.4 Å². The van der Waals surface area contributed by atoms with Gasteiger partial charge in [-0.05, 0) is 25.5 Å². The summed E-state index contributed by atoms with van der Waals surface area (Å²) in [4.78, 5) is 2.75. The molecule has 0 aliphatic rings. The van der Waals surface area contributed by atoms with Crippen LogP contribution in [-0.2, 0) is 13.0 Å². The van der Waals surface area contributed by atoms with Gasteiger partial charge in [-0.3, -0.25) is 4.68 Å². The Morgan fingerprint density at radius 3 is 2.67 bits per heavy atom. The van der Waals surface area contributed by atoms with Crippen molar-refractivity contribution < 1.29 is 0 Å². The second-order valence-electron chi connectivity index (χ2n) is 3.56. The van der Waals surface area contributed by atoms with Crippen LogP contribution in [0.25, 0.3) is 0 Å². The van der Waals surface area contributed by atoms with Crippen LogP contribution in [0.3, 0.4) is 0 Å². The summed E-state index contributed by atoms with van der Waals surface area (Å²) in [6, 6.07) is 4.35. The lowest BCUT2D eigenvalue weighted by Gasteiger charge is -2.01. The van der Waals surface area contributed by atoms with E-state index in [2.05, 4.69) is 24.2 Å². The maximum Gasteiger partial charge on any atom is 0.0756 e. The Hall–Kier alpha value is -1.29. The molecule has 80 valence electrons. The topological polar surface area (TPSA) is 43.8 Å². The SMILES string of the molecule is CCc1ccc(Cn2ncc(N)c2C)s1. The molecule has 0 spiro atoms. The van der Waals surface area contributed by atoms with Crippen molar-refractivity contribution >= 4 is 17.0 Å². The van der Waals surface area contributed by atoms with Crippen molar-refractivity contribution in [3.8, 4) is 0 Å². The summed E-state index contributed by atoms with van der Waals surface area (Å²) in [5.41, 5.74) is 7.55. The van der Waals surface area contributed by atoms with Gasteiger partial charge in [0.2, 0.25) is 0 Å². The number of anilines is 1. The predicted molar refractivity (Wildman–Crippen MR) is 64.2 cm³/mol. The number of aromatic nitrogens is 2. The van der Waals surface area contributed by atoms with E-state index in [9.17, 15) is 0 Å². The molecule has 3 nitrogen and oxygen atoms in total. The molecule has 15 heavy (non-hydrogen) atoms. The normalized spacial score (nSPS) is 10.8. The van der Waals surface area contributed by atoms with Crippen LogP contribution < -0.4 is 5.73 Å². The molecular formula is C11H15N3S. The molecule has 2 aromatic rings. The molecule has 0 fully saturated rings. The van der Waals surface area contributed by atoms with Gasteiger partial charge >= 0.3 is 0 Å². The first-order chi connectivity index (χ1) is 7.20. The van der Waals surface area contributed by atoms with E-state index in [0.29, 0.717) is 0 Å². The summed E-state index contributed by atoms with van der Waals surface area (Å²) in [7, 11) is 0. The summed E-state index contributed by atoms with van der Waals surface area (Å²) in [5, 5.41) is 4.24. The maximum atomic E-state index is 5.75. The molecule has 0 radical (unpaired) electrons. The van der Waals surface area contributed by atoms with E-state index in [0.717, 1.165) is 24.3 Å². The number of aryl methyl sites for hydroxylation is 1. The molecule has 0 atom stereocenters. The summed E-state index contributed by atoms with van der Waals surface area (Å²) in [6.07, 6.45) is 2.81. The van der Waals surface area contributed by atoms with Gasteiger partial charge in [-0.1, -0.05) is 6.92 Å². The van der Waals surface area contributed by atoms with Crippen molar-refractivity contribution in [1.82, 2.24) is 9.78 Å². The van der Waals surface area contributed by atoms with E-state index in [1.165, 1.54) is 9.75 Å². The highest BCUT2D eigenvalue weighted by Gasteiger charge is 2.05. The van der Waals surface area contributed by atoms with Crippen molar-refractivity contribution in [3.63, 3.8) is 0 Å². The number of nitrogens with two attached hydrogens (primary N) is 1. The van der Waals surface area contributed by atoms with Gasteiger partial charge < -0.3 is 5.73 Å². The zero-order valence-corrected chi connectivity index (χ0v) is 9.84. The lowest BCUT2D eigenvalue weighted by molar-refractivity contribution is 0.673. The number of rotatable bonds is 3. The number of nitrogens with zero attached hydrogens (tertiary/aromatic N) is 2. The highest BCUT2D eigenvalue weighted by Crippen LogP contribution is 2.19. The summed E-state index contributed by atoms with van der Waals surface area (Å²) < 4.78 is 1.95. The highest BCUT2D eigenvalue weighted by atomic mass is 32.1. The van der Waals surface area contributed by atoms with Gasteiger partial charge in [0.25, 0.3) is 0 Å². The Balaban J connectivity index is 2.18. The van der Waals surface area contributed by atoms with E-state index in [4.69, 9.17) is 5.73 Å². The van der Waals surface area contributed by atoms with Gasteiger partial charge in [-0.25, -0.2) is 0 Å². The summed E-state index contributed by atoms with van der Waals surface area (Å²) in [6.45, 7) is 5.00. The standard InChI is InChI=1S/C11H15N3S/c1-3-9-4-5-10(15-9)7-14-8(2)11(12)6-13-14/h4-6H,3,7,12H2,1-2H3. The molecule has 2 aromatic heterocycles. The molecule has 0 saturated heterocycles. The minimum atomic E-state index is 0.766. The van der Waals surface area contributed by atoms with Gasteiger partial charge in [-0.2, -0.15) is 5.10 Å². The van der Waals surface area contributed by atoms with Crippen molar-refractivity contribution in [2.24, 2.45) is 0 Å². The highest BCUT2D eigenvalue weighted by molar-refractivity contribution is 7.11. The van der Waals surface area contributed by atoms with Crippen molar-refractivity contribution in [2.75, 3.05) is 5.73 Å².